The Morgan fingerprint density at radius 1 is 1.24 bits per heavy atom. The predicted molar refractivity (Wildman–Crippen MR) is 126 cm³/mol. The molecule has 0 fully saturated rings. The van der Waals surface area contributed by atoms with Crippen molar-refractivity contribution in [3.8, 4) is 22.6 Å². The molecule has 2 amide bonds. The summed E-state index contributed by atoms with van der Waals surface area (Å²) < 4.78 is 7.20. The van der Waals surface area contributed by atoms with Crippen molar-refractivity contribution in [3.63, 3.8) is 0 Å². The molecule has 3 heterocycles. The van der Waals surface area contributed by atoms with E-state index in [9.17, 15) is 9.59 Å². The van der Waals surface area contributed by atoms with E-state index in [4.69, 9.17) is 22.9 Å². The standard InChI is InChI=1S/C24H20ClN5O3/c1-3-7-33-19-9-15(8-17(25)11-19)20-10-16(21-13-28-24(32)29-22(21)26-2)14-30(23(20)31)18-5-4-6-27-12-18/h4-6,8-14,22H,3,7H2,1H3,(H2,28,29,32). The second kappa shape index (κ2) is 9.59. The first-order chi connectivity index (χ1) is 16.0. The van der Waals surface area contributed by atoms with E-state index >= 15 is 0 Å². The second-order valence-corrected chi connectivity index (χ2v) is 7.74. The van der Waals surface area contributed by atoms with Gasteiger partial charge in [0.15, 0.2) is 0 Å². The van der Waals surface area contributed by atoms with Crippen molar-refractivity contribution >= 4 is 23.2 Å². The van der Waals surface area contributed by atoms with Gasteiger partial charge in [-0.15, -0.1) is 0 Å². The SMILES string of the molecule is [C-]#[N+]C1NC(=O)NC=C1c1cc(-c2cc(Cl)cc(OCCC)c2)c(=O)n(-c2cccnc2)c1. The fourth-order valence-electron chi connectivity index (χ4n) is 3.47. The van der Waals surface area contributed by atoms with Crippen LogP contribution in [0.5, 0.6) is 5.75 Å². The van der Waals surface area contributed by atoms with Crippen LogP contribution in [0.4, 0.5) is 4.79 Å². The zero-order valence-corrected chi connectivity index (χ0v) is 18.5. The Morgan fingerprint density at radius 2 is 2.09 bits per heavy atom. The normalized spacial score (nSPS) is 15.1. The Labute approximate surface area is 195 Å². The van der Waals surface area contributed by atoms with E-state index < -0.39 is 12.2 Å². The maximum absolute atomic E-state index is 13.5. The van der Waals surface area contributed by atoms with Crippen LogP contribution in [0.3, 0.4) is 0 Å². The van der Waals surface area contributed by atoms with Gasteiger partial charge in [-0.2, -0.15) is 0 Å². The molecule has 0 bridgehead atoms. The van der Waals surface area contributed by atoms with E-state index in [2.05, 4.69) is 20.5 Å². The van der Waals surface area contributed by atoms with Crippen molar-refractivity contribution < 1.29 is 9.53 Å². The number of carbonyl (C=O) groups excluding carboxylic acids is 1. The maximum atomic E-state index is 13.5. The number of nitrogens with zero attached hydrogens (tertiary/aromatic N) is 3. The van der Waals surface area contributed by atoms with E-state index in [1.807, 2.05) is 6.92 Å². The molecule has 1 unspecified atom stereocenters. The Hall–Kier alpha value is -4.09. The number of hydrogen-bond acceptors (Lipinski definition) is 4. The van der Waals surface area contributed by atoms with Crippen molar-refractivity contribution in [1.82, 2.24) is 20.2 Å². The molecule has 166 valence electrons. The first-order valence-corrected chi connectivity index (χ1v) is 10.6. The highest BCUT2D eigenvalue weighted by Crippen LogP contribution is 2.30. The van der Waals surface area contributed by atoms with Crippen molar-refractivity contribution in [1.29, 1.82) is 0 Å². The lowest BCUT2D eigenvalue weighted by atomic mass is 9.99. The number of benzene rings is 1. The van der Waals surface area contributed by atoms with Crippen molar-refractivity contribution in [3.05, 3.63) is 93.5 Å². The molecular formula is C24H20ClN5O3. The molecule has 4 rings (SSSR count). The third-order valence-electron chi connectivity index (χ3n) is 4.98. The van der Waals surface area contributed by atoms with Gasteiger partial charge in [0.2, 0.25) is 0 Å². The Morgan fingerprint density at radius 3 is 2.82 bits per heavy atom. The molecule has 0 saturated carbocycles. The number of hydrogen-bond donors (Lipinski definition) is 2. The quantitative estimate of drug-likeness (QED) is 0.537. The van der Waals surface area contributed by atoms with Gasteiger partial charge in [-0.05, 0) is 48.4 Å². The first kappa shape index (κ1) is 22.1. The van der Waals surface area contributed by atoms with Crippen LogP contribution in [0.2, 0.25) is 5.02 Å². The third kappa shape index (κ3) is 4.73. The van der Waals surface area contributed by atoms with Gasteiger partial charge >= 0.3 is 12.2 Å². The highest BCUT2D eigenvalue weighted by atomic mass is 35.5. The minimum atomic E-state index is -0.894. The second-order valence-electron chi connectivity index (χ2n) is 7.30. The topological polar surface area (TPSA) is 89.6 Å². The fourth-order valence-corrected chi connectivity index (χ4v) is 3.69. The lowest BCUT2D eigenvalue weighted by Crippen LogP contribution is -2.43. The number of rotatable bonds is 6. The number of urea groups is 1. The third-order valence-corrected chi connectivity index (χ3v) is 5.20. The van der Waals surface area contributed by atoms with Gasteiger partial charge in [0.25, 0.3) is 5.56 Å². The van der Waals surface area contributed by atoms with Crippen molar-refractivity contribution in [2.45, 2.75) is 19.5 Å². The minimum absolute atomic E-state index is 0.289. The number of halogens is 1. The fraction of sp³-hybridized carbons (Fsp3) is 0.167. The molecule has 1 atom stereocenters. The molecule has 1 aliphatic heterocycles. The summed E-state index contributed by atoms with van der Waals surface area (Å²) in [6, 6.07) is 9.86. The summed E-state index contributed by atoms with van der Waals surface area (Å²) in [7, 11) is 0. The van der Waals surface area contributed by atoms with Gasteiger partial charge < -0.3 is 10.1 Å². The average Bonchev–Trinajstić information content (AvgIpc) is 2.83. The zero-order chi connectivity index (χ0) is 23.4. The zero-order valence-electron chi connectivity index (χ0n) is 17.7. The van der Waals surface area contributed by atoms with Crippen LogP contribution in [0, 0.1) is 6.57 Å². The first-order valence-electron chi connectivity index (χ1n) is 10.2. The molecule has 0 spiro atoms. The van der Waals surface area contributed by atoms with E-state index in [1.165, 1.54) is 10.8 Å². The summed E-state index contributed by atoms with van der Waals surface area (Å²) in [4.78, 5) is 32.9. The maximum Gasteiger partial charge on any atom is 0.328 e. The molecule has 0 aliphatic carbocycles. The molecule has 3 aromatic rings. The predicted octanol–water partition coefficient (Wildman–Crippen LogP) is 4.24. The van der Waals surface area contributed by atoms with Crippen LogP contribution < -0.4 is 20.9 Å². The van der Waals surface area contributed by atoms with E-state index in [0.29, 0.717) is 45.3 Å². The number of nitrogens with one attached hydrogen (secondary N) is 2. The number of carbonyl (C=O) groups is 1. The number of ether oxygens (including phenoxy) is 1. The highest BCUT2D eigenvalue weighted by molar-refractivity contribution is 6.31. The molecular weight excluding hydrogens is 442 g/mol. The Kier molecular flexibility index (Phi) is 6.43. The van der Waals surface area contributed by atoms with Gasteiger partial charge in [-0.3, -0.25) is 24.5 Å². The smallest absolute Gasteiger partial charge is 0.328 e. The molecule has 33 heavy (non-hydrogen) atoms. The summed E-state index contributed by atoms with van der Waals surface area (Å²) in [5.74, 6) is 0.557. The summed E-state index contributed by atoms with van der Waals surface area (Å²) in [6.07, 6.45) is 6.23. The van der Waals surface area contributed by atoms with Gasteiger partial charge in [0.1, 0.15) is 5.75 Å². The van der Waals surface area contributed by atoms with Crippen LogP contribution in [0.1, 0.15) is 18.9 Å². The monoisotopic (exact) mass is 461 g/mol. The minimum Gasteiger partial charge on any atom is -0.494 e. The van der Waals surface area contributed by atoms with Crippen molar-refractivity contribution in [2.75, 3.05) is 6.61 Å². The molecule has 9 heteroatoms. The largest absolute Gasteiger partial charge is 0.494 e. The molecule has 0 radical (unpaired) electrons. The van der Waals surface area contributed by atoms with Crippen LogP contribution in [-0.2, 0) is 0 Å². The van der Waals surface area contributed by atoms with Gasteiger partial charge in [0.05, 0.1) is 24.1 Å². The van der Waals surface area contributed by atoms with Crippen LogP contribution in [-0.4, -0.2) is 28.4 Å². The molecule has 1 aromatic carbocycles. The molecule has 0 saturated heterocycles. The van der Waals surface area contributed by atoms with Gasteiger partial charge in [-0.1, -0.05) is 18.5 Å². The summed E-state index contributed by atoms with van der Waals surface area (Å²) >= 11 is 6.33. The highest BCUT2D eigenvalue weighted by Gasteiger charge is 2.28. The van der Waals surface area contributed by atoms with Crippen LogP contribution in [0.25, 0.3) is 27.2 Å². The van der Waals surface area contributed by atoms with Crippen molar-refractivity contribution in [2.24, 2.45) is 0 Å². The van der Waals surface area contributed by atoms with E-state index in [0.717, 1.165) is 6.42 Å². The summed E-state index contributed by atoms with van der Waals surface area (Å²) in [6.45, 7) is 10.0. The number of aromatic nitrogens is 2. The molecule has 2 N–H and O–H groups in total. The van der Waals surface area contributed by atoms with E-state index in [1.54, 1.807) is 55.0 Å². The van der Waals surface area contributed by atoms with Gasteiger partial charge in [-0.25, -0.2) is 11.4 Å². The van der Waals surface area contributed by atoms with E-state index in [-0.39, 0.29) is 5.56 Å². The van der Waals surface area contributed by atoms with Gasteiger partial charge in [0, 0.05) is 34.7 Å². The number of amides is 2. The summed E-state index contributed by atoms with van der Waals surface area (Å²) in [5.41, 5.74) is 2.31. The molecule has 2 aromatic heterocycles. The Balaban J connectivity index is 1.94. The van der Waals surface area contributed by atoms with Crippen LogP contribution >= 0.6 is 11.6 Å². The Bertz CT molecular complexity index is 1330. The van der Waals surface area contributed by atoms with Crippen LogP contribution in [0.15, 0.2) is 66.0 Å². The lowest BCUT2D eigenvalue weighted by molar-refractivity contribution is 0.242. The average molecular weight is 462 g/mol. The summed E-state index contributed by atoms with van der Waals surface area (Å²) in [5, 5.41) is 5.58. The number of pyridine rings is 2. The molecule has 8 nitrogen and oxygen atoms in total. The lowest BCUT2D eigenvalue weighted by Gasteiger charge is -2.19. The molecule has 1 aliphatic rings.